The van der Waals surface area contributed by atoms with Crippen molar-refractivity contribution in [3.63, 3.8) is 0 Å². The van der Waals surface area contributed by atoms with Crippen molar-refractivity contribution in [3.8, 4) is 0 Å². The minimum absolute atomic E-state index is 0.174. The number of benzene rings is 1. The predicted molar refractivity (Wildman–Crippen MR) is 70.7 cm³/mol. The maximum absolute atomic E-state index is 13.3. The van der Waals surface area contributed by atoms with Gasteiger partial charge in [0.05, 0.1) is 0 Å². The molecule has 1 unspecified atom stereocenters. The summed E-state index contributed by atoms with van der Waals surface area (Å²) in [7, 11) is 0. The number of hydrogen-bond acceptors (Lipinski definition) is 0. The number of aromatic amines is 1. The third-order valence-electron chi connectivity index (χ3n) is 3.20. The van der Waals surface area contributed by atoms with Crippen LogP contribution in [-0.4, -0.2) is 4.98 Å². The summed E-state index contributed by atoms with van der Waals surface area (Å²) >= 11 is 0. The molecule has 1 nitrogen and oxygen atoms in total. The average Bonchev–Trinajstić information content (AvgIpc) is 2.71. The summed E-state index contributed by atoms with van der Waals surface area (Å²) in [4.78, 5) is 3.21. The Morgan fingerprint density at radius 1 is 1.47 bits per heavy atom. The van der Waals surface area contributed by atoms with E-state index in [1.54, 1.807) is 12.1 Å². The van der Waals surface area contributed by atoms with E-state index in [4.69, 9.17) is 0 Å². The molecule has 1 N–H and O–H groups in total. The minimum atomic E-state index is -0.174. The van der Waals surface area contributed by atoms with E-state index in [0.29, 0.717) is 5.92 Å². The van der Waals surface area contributed by atoms with E-state index < -0.39 is 0 Å². The molecule has 0 saturated heterocycles. The summed E-state index contributed by atoms with van der Waals surface area (Å²) in [6.45, 7) is 5.98. The van der Waals surface area contributed by atoms with Crippen molar-refractivity contribution in [2.24, 2.45) is 0 Å². The molecule has 2 rings (SSSR count). The largest absolute Gasteiger partial charge is 0.361 e. The summed E-state index contributed by atoms with van der Waals surface area (Å²) in [6.07, 6.45) is 7.12. The van der Waals surface area contributed by atoms with Crippen LogP contribution in [0.4, 0.5) is 4.39 Å². The summed E-state index contributed by atoms with van der Waals surface area (Å²) in [5, 5.41) is 1.00. The smallest absolute Gasteiger partial charge is 0.123 e. The highest BCUT2D eigenvalue weighted by molar-refractivity contribution is 5.83. The second-order valence-electron chi connectivity index (χ2n) is 4.44. The number of allylic oxidation sites excluding steroid dienone is 1. The Bertz CT molecular complexity index is 513. The van der Waals surface area contributed by atoms with Crippen molar-refractivity contribution >= 4 is 10.9 Å². The molecule has 0 fully saturated rings. The molecule has 2 aromatic rings. The molecule has 1 heterocycles. The number of hydrogen-bond donors (Lipinski definition) is 1. The van der Waals surface area contributed by atoms with E-state index >= 15 is 0 Å². The van der Waals surface area contributed by atoms with Crippen molar-refractivity contribution in [2.45, 2.75) is 32.1 Å². The van der Waals surface area contributed by atoms with Crippen LogP contribution in [0.3, 0.4) is 0 Å². The van der Waals surface area contributed by atoms with Crippen LogP contribution in [0.2, 0.25) is 0 Å². The van der Waals surface area contributed by atoms with Gasteiger partial charge in [0.25, 0.3) is 0 Å². The van der Waals surface area contributed by atoms with Crippen LogP contribution < -0.4 is 0 Å². The number of halogens is 1. The van der Waals surface area contributed by atoms with Gasteiger partial charge < -0.3 is 4.98 Å². The van der Waals surface area contributed by atoms with E-state index in [-0.39, 0.29) is 5.82 Å². The monoisotopic (exact) mass is 231 g/mol. The lowest BCUT2D eigenvalue weighted by molar-refractivity contribution is 0.621. The predicted octanol–water partition coefficient (Wildman–Crippen LogP) is 4.77. The van der Waals surface area contributed by atoms with E-state index in [1.165, 1.54) is 11.6 Å². The zero-order valence-corrected chi connectivity index (χ0v) is 10.2. The number of nitrogens with one attached hydrogen (secondary N) is 1. The van der Waals surface area contributed by atoms with Gasteiger partial charge in [-0.2, -0.15) is 0 Å². The molecule has 17 heavy (non-hydrogen) atoms. The van der Waals surface area contributed by atoms with Gasteiger partial charge in [-0.05, 0) is 42.5 Å². The van der Waals surface area contributed by atoms with Crippen molar-refractivity contribution in [1.82, 2.24) is 4.98 Å². The first-order valence-corrected chi connectivity index (χ1v) is 6.13. The van der Waals surface area contributed by atoms with Gasteiger partial charge >= 0.3 is 0 Å². The van der Waals surface area contributed by atoms with Crippen LogP contribution in [0, 0.1) is 5.82 Å². The molecule has 0 radical (unpaired) electrons. The fourth-order valence-corrected chi connectivity index (χ4v) is 2.40. The van der Waals surface area contributed by atoms with Gasteiger partial charge in [-0.3, -0.25) is 0 Å². The Morgan fingerprint density at radius 3 is 3.00 bits per heavy atom. The van der Waals surface area contributed by atoms with Crippen LogP contribution in [-0.2, 0) is 0 Å². The molecule has 0 amide bonds. The van der Waals surface area contributed by atoms with Crippen molar-refractivity contribution in [2.75, 3.05) is 0 Å². The highest BCUT2D eigenvalue weighted by Gasteiger charge is 2.14. The SMILES string of the molecule is C=CCC(CCC)c1c[nH]c2ccc(F)cc12. The first kappa shape index (κ1) is 11.9. The fourth-order valence-electron chi connectivity index (χ4n) is 2.40. The quantitative estimate of drug-likeness (QED) is 0.714. The Labute approximate surface area is 101 Å². The van der Waals surface area contributed by atoms with E-state index in [1.807, 2.05) is 12.3 Å². The number of aromatic nitrogens is 1. The molecule has 0 spiro atoms. The zero-order chi connectivity index (χ0) is 12.3. The Kier molecular flexibility index (Phi) is 3.62. The van der Waals surface area contributed by atoms with Crippen LogP contribution in [0.5, 0.6) is 0 Å². The van der Waals surface area contributed by atoms with E-state index in [0.717, 1.165) is 30.2 Å². The molecule has 0 aliphatic heterocycles. The third kappa shape index (κ3) is 2.41. The summed E-state index contributed by atoms with van der Waals surface area (Å²) in [5.74, 6) is 0.264. The molecule has 0 saturated carbocycles. The maximum Gasteiger partial charge on any atom is 0.123 e. The second-order valence-corrected chi connectivity index (χ2v) is 4.44. The molecule has 1 atom stereocenters. The molecule has 1 aromatic carbocycles. The summed E-state index contributed by atoms with van der Waals surface area (Å²) < 4.78 is 13.3. The number of fused-ring (bicyclic) bond motifs is 1. The average molecular weight is 231 g/mol. The lowest BCUT2D eigenvalue weighted by Gasteiger charge is -2.13. The van der Waals surface area contributed by atoms with Crippen LogP contribution >= 0.6 is 0 Å². The standard InChI is InChI=1S/C15H18FN/c1-3-5-11(6-4-2)14-10-17-15-8-7-12(16)9-13(14)15/h3,7-11,17H,1,4-6H2,2H3. The molecule has 2 heteroatoms. The maximum atomic E-state index is 13.3. The van der Waals surface area contributed by atoms with Gasteiger partial charge in [0.15, 0.2) is 0 Å². The molecule has 0 aliphatic carbocycles. The van der Waals surface area contributed by atoms with Gasteiger partial charge in [-0.25, -0.2) is 4.39 Å². The first-order valence-electron chi connectivity index (χ1n) is 6.13. The molecule has 90 valence electrons. The van der Waals surface area contributed by atoms with Crippen LogP contribution in [0.1, 0.15) is 37.7 Å². The van der Waals surface area contributed by atoms with E-state index in [9.17, 15) is 4.39 Å². The Morgan fingerprint density at radius 2 is 2.29 bits per heavy atom. The summed E-state index contributed by atoms with van der Waals surface area (Å²) in [6, 6.07) is 4.91. The Hall–Kier alpha value is -1.57. The van der Waals surface area contributed by atoms with E-state index in [2.05, 4.69) is 18.5 Å². The van der Waals surface area contributed by atoms with Gasteiger partial charge in [0, 0.05) is 17.1 Å². The van der Waals surface area contributed by atoms with Crippen molar-refractivity contribution < 1.29 is 4.39 Å². The molecule has 0 bridgehead atoms. The molecular formula is C15H18FN. The third-order valence-corrected chi connectivity index (χ3v) is 3.20. The lowest BCUT2D eigenvalue weighted by Crippen LogP contribution is -1.96. The number of rotatable bonds is 5. The van der Waals surface area contributed by atoms with Crippen molar-refractivity contribution in [3.05, 3.63) is 48.4 Å². The van der Waals surface area contributed by atoms with Gasteiger partial charge in [0.2, 0.25) is 0 Å². The Balaban J connectivity index is 2.44. The highest BCUT2D eigenvalue weighted by atomic mass is 19.1. The fraction of sp³-hybridized carbons (Fsp3) is 0.333. The van der Waals surface area contributed by atoms with Gasteiger partial charge in [-0.15, -0.1) is 6.58 Å². The molecule has 1 aromatic heterocycles. The topological polar surface area (TPSA) is 15.8 Å². The zero-order valence-electron chi connectivity index (χ0n) is 10.2. The lowest BCUT2D eigenvalue weighted by atomic mass is 9.91. The highest BCUT2D eigenvalue weighted by Crippen LogP contribution is 2.31. The number of H-pyrrole nitrogens is 1. The second kappa shape index (κ2) is 5.17. The summed E-state index contributed by atoms with van der Waals surface area (Å²) in [5.41, 5.74) is 2.22. The molecule has 0 aliphatic rings. The first-order chi connectivity index (χ1) is 8.26. The van der Waals surface area contributed by atoms with Crippen molar-refractivity contribution in [1.29, 1.82) is 0 Å². The van der Waals surface area contributed by atoms with Crippen LogP contribution in [0.15, 0.2) is 37.1 Å². The minimum Gasteiger partial charge on any atom is -0.361 e. The van der Waals surface area contributed by atoms with Gasteiger partial charge in [0.1, 0.15) is 5.82 Å². The normalized spacial score (nSPS) is 12.8. The molecular weight excluding hydrogens is 213 g/mol. The van der Waals surface area contributed by atoms with Crippen LogP contribution in [0.25, 0.3) is 10.9 Å². The van der Waals surface area contributed by atoms with Gasteiger partial charge in [-0.1, -0.05) is 19.4 Å².